The maximum Gasteiger partial charge on any atom is 0.0655 e. The summed E-state index contributed by atoms with van der Waals surface area (Å²) in [6, 6.07) is 3.82. The van der Waals surface area contributed by atoms with Crippen molar-refractivity contribution in [1.82, 2.24) is 10.2 Å². The third-order valence-electron chi connectivity index (χ3n) is 3.39. The number of rotatable bonds is 3. The summed E-state index contributed by atoms with van der Waals surface area (Å²) >= 11 is 18.7. The van der Waals surface area contributed by atoms with Crippen LogP contribution in [0.15, 0.2) is 12.1 Å². The summed E-state index contributed by atoms with van der Waals surface area (Å²) in [7, 11) is 0. The van der Waals surface area contributed by atoms with Crippen molar-refractivity contribution < 1.29 is 0 Å². The van der Waals surface area contributed by atoms with Gasteiger partial charge in [0, 0.05) is 42.8 Å². The minimum atomic E-state index is 0.241. The van der Waals surface area contributed by atoms with E-state index in [0.717, 1.165) is 38.2 Å². The van der Waals surface area contributed by atoms with Gasteiger partial charge in [-0.2, -0.15) is 0 Å². The minimum absolute atomic E-state index is 0.241. The van der Waals surface area contributed by atoms with Gasteiger partial charge in [0.15, 0.2) is 0 Å². The molecule has 1 aliphatic rings. The lowest BCUT2D eigenvalue weighted by atomic mass is 10.0. The quantitative estimate of drug-likeness (QED) is 0.849. The number of benzene rings is 1. The largest absolute Gasteiger partial charge is 0.314 e. The first-order valence-electron chi connectivity index (χ1n) is 6.23. The van der Waals surface area contributed by atoms with Crippen molar-refractivity contribution in [2.24, 2.45) is 0 Å². The van der Waals surface area contributed by atoms with Gasteiger partial charge in [-0.05, 0) is 18.6 Å². The zero-order valence-electron chi connectivity index (χ0n) is 10.3. The molecule has 2 rings (SSSR count). The summed E-state index contributed by atoms with van der Waals surface area (Å²) in [5.41, 5.74) is 0.968. The van der Waals surface area contributed by atoms with Gasteiger partial charge >= 0.3 is 0 Å². The Balaban J connectivity index is 2.34. The number of nitrogens with one attached hydrogen (secondary N) is 1. The minimum Gasteiger partial charge on any atom is -0.314 e. The van der Waals surface area contributed by atoms with Crippen LogP contribution in [0.5, 0.6) is 0 Å². The van der Waals surface area contributed by atoms with Gasteiger partial charge in [-0.3, -0.25) is 4.90 Å². The molecular formula is C13H17Cl3N2. The molecule has 0 radical (unpaired) electrons. The second-order valence-electron chi connectivity index (χ2n) is 4.47. The molecule has 1 fully saturated rings. The van der Waals surface area contributed by atoms with Crippen molar-refractivity contribution >= 4 is 34.8 Å². The molecule has 1 saturated heterocycles. The second-order valence-corrected chi connectivity index (χ2v) is 5.66. The lowest BCUT2D eigenvalue weighted by molar-refractivity contribution is 0.169. The van der Waals surface area contributed by atoms with Crippen LogP contribution >= 0.6 is 34.8 Å². The van der Waals surface area contributed by atoms with Crippen LogP contribution in [0.25, 0.3) is 0 Å². The smallest absolute Gasteiger partial charge is 0.0655 e. The normalized spacial score (nSPS) is 18.9. The molecule has 0 bridgehead atoms. The fourth-order valence-electron chi connectivity index (χ4n) is 2.49. The molecule has 1 aliphatic heterocycles. The van der Waals surface area contributed by atoms with Gasteiger partial charge in [-0.25, -0.2) is 0 Å². The van der Waals surface area contributed by atoms with E-state index < -0.39 is 0 Å². The SMILES string of the molecule is CC[C@@H](c1c(Cl)ccc(Cl)c1Cl)N1CCNCC1. The van der Waals surface area contributed by atoms with E-state index in [1.54, 1.807) is 6.07 Å². The number of halogens is 3. The maximum absolute atomic E-state index is 6.33. The lowest BCUT2D eigenvalue weighted by Crippen LogP contribution is -2.45. The highest BCUT2D eigenvalue weighted by Crippen LogP contribution is 2.39. The molecule has 1 heterocycles. The first kappa shape index (κ1) is 14.4. The fraction of sp³-hybridized carbons (Fsp3) is 0.538. The van der Waals surface area contributed by atoms with Crippen LogP contribution in [0.2, 0.25) is 15.1 Å². The molecule has 0 saturated carbocycles. The summed E-state index contributed by atoms with van der Waals surface area (Å²) in [4.78, 5) is 2.42. The highest BCUT2D eigenvalue weighted by Gasteiger charge is 2.25. The molecule has 1 aromatic carbocycles. The summed E-state index contributed by atoms with van der Waals surface area (Å²) < 4.78 is 0. The molecule has 1 aromatic rings. The van der Waals surface area contributed by atoms with E-state index >= 15 is 0 Å². The molecule has 0 unspecified atom stereocenters. The molecule has 5 heteroatoms. The van der Waals surface area contributed by atoms with Crippen LogP contribution in [0, 0.1) is 0 Å². The standard InChI is InChI=1S/C13H17Cl3N2/c1-2-11(18-7-5-17-6-8-18)12-9(14)3-4-10(15)13(12)16/h3-4,11,17H,2,5-8H2,1H3/t11-/m0/s1. The van der Waals surface area contributed by atoms with Crippen LogP contribution in [0.3, 0.4) is 0 Å². The van der Waals surface area contributed by atoms with Gasteiger partial charge in [-0.15, -0.1) is 0 Å². The third kappa shape index (κ3) is 2.94. The van der Waals surface area contributed by atoms with Crippen molar-refractivity contribution in [2.45, 2.75) is 19.4 Å². The van der Waals surface area contributed by atoms with E-state index in [9.17, 15) is 0 Å². The molecule has 2 nitrogen and oxygen atoms in total. The number of hydrogen-bond acceptors (Lipinski definition) is 2. The fourth-order valence-corrected chi connectivity index (χ4v) is 3.27. The molecule has 0 amide bonds. The monoisotopic (exact) mass is 306 g/mol. The van der Waals surface area contributed by atoms with Gasteiger partial charge in [0.25, 0.3) is 0 Å². The maximum atomic E-state index is 6.33. The Bertz CT molecular complexity index is 417. The van der Waals surface area contributed by atoms with E-state index in [0.29, 0.717) is 15.1 Å². The highest BCUT2D eigenvalue weighted by atomic mass is 35.5. The molecular weight excluding hydrogens is 291 g/mol. The molecule has 0 aliphatic carbocycles. The average Bonchev–Trinajstić information content (AvgIpc) is 2.40. The van der Waals surface area contributed by atoms with E-state index in [2.05, 4.69) is 17.1 Å². The summed E-state index contributed by atoms with van der Waals surface area (Å²) in [6.07, 6.45) is 0.972. The Morgan fingerprint density at radius 1 is 1.17 bits per heavy atom. The van der Waals surface area contributed by atoms with Crippen LogP contribution in [0.1, 0.15) is 24.9 Å². The van der Waals surface area contributed by atoms with Crippen molar-refractivity contribution in [1.29, 1.82) is 0 Å². The van der Waals surface area contributed by atoms with Crippen LogP contribution in [-0.2, 0) is 0 Å². The number of hydrogen-bond donors (Lipinski definition) is 1. The van der Waals surface area contributed by atoms with Gasteiger partial charge in [0.1, 0.15) is 0 Å². The molecule has 100 valence electrons. The lowest BCUT2D eigenvalue weighted by Gasteiger charge is -2.35. The van der Waals surface area contributed by atoms with E-state index in [1.165, 1.54) is 0 Å². The molecule has 0 spiro atoms. The predicted molar refractivity (Wildman–Crippen MR) is 78.9 cm³/mol. The van der Waals surface area contributed by atoms with E-state index in [4.69, 9.17) is 34.8 Å². The van der Waals surface area contributed by atoms with E-state index in [-0.39, 0.29) is 6.04 Å². The molecule has 1 atom stereocenters. The zero-order valence-corrected chi connectivity index (χ0v) is 12.6. The second kappa shape index (κ2) is 6.44. The molecule has 18 heavy (non-hydrogen) atoms. The van der Waals surface area contributed by atoms with Crippen molar-refractivity contribution in [2.75, 3.05) is 26.2 Å². The Kier molecular flexibility index (Phi) is 5.16. The Hall–Kier alpha value is 0.01000. The summed E-state index contributed by atoms with van der Waals surface area (Å²) in [5.74, 6) is 0. The van der Waals surface area contributed by atoms with Crippen molar-refractivity contribution in [3.05, 3.63) is 32.8 Å². The first-order chi connectivity index (χ1) is 8.65. The third-order valence-corrected chi connectivity index (χ3v) is 4.54. The topological polar surface area (TPSA) is 15.3 Å². The predicted octanol–water partition coefficient (Wildman–Crippen LogP) is 4.00. The average molecular weight is 308 g/mol. The number of piperazine rings is 1. The Morgan fingerprint density at radius 3 is 2.39 bits per heavy atom. The summed E-state index contributed by atoms with van der Waals surface area (Å²) in [5, 5.41) is 5.22. The highest BCUT2D eigenvalue weighted by molar-refractivity contribution is 6.44. The van der Waals surface area contributed by atoms with Crippen LogP contribution in [0.4, 0.5) is 0 Å². The Labute approximate surface area is 123 Å². The number of nitrogens with zero attached hydrogens (tertiary/aromatic N) is 1. The Morgan fingerprint density at radius 2 is 1.78 bits per heavy atom. The van der Waals surface area contributed by atoms with Crippen LogP contribution in [-0.4, -0.2) is 31.1 Å². The van der Waals surface area contributed by atoms with Gasteiger partial charge in [0.05, 0.1) is 10.0 Å². The van der Waals surface area contributed by atoms with Crippen molar-refractivity contribution in [3.63, 3.8) is 0 Å². The van der Waals surface area contributed by atoms with Gasteiger partial charge in [0.2, 0.25) is 0 Å². The van der Waals surface area contributed by atoms with Crippen LogP contribution < -0.4 is 5.32 Å². The summed E-state index contributed by atoms with van der Waals surface area (Å²) in [6.45, 7) is 6.19. The van der Waals surface area contributed by atoms with Gasteiger partial charge < -0.3 is 5.32 Å². The first-order valence-corrected chi connectivity index (χ1v) is 7.36. The van der Waals surface area contributed by atoms with Gasteiger partial charge in [-0.1, -0.05) is 41.7 Å². The molecule has 0 aromatic heterocycles. The van der Waals surface area contributed by atoms with E-state index in [1.807, 2.05) is 6.07 Å². The molecule has 1 N–H and O–H groups in total. The zero-order chi connectivity index (χ0) is 13.1. The van der Waals surface area contributed by atoms with Crippen molar-refractivity contribution in [3.8, 4) is 0 Å².